The van der Waals surface area contributed by atoms with Crippen LogP contribution in [0, 0.1) is 73.4 Å². The second-order valence-corrected chi connectivity index (χ2v) is 21.2. The summed E-state index contributed by atoms with van der Waals surface area (Å²) in [6.45, 7) is 24.8. The van der Waals surface area contributed by atoms with Gasteiger partial charge in [-0.3, -0.25) is 14.4 Å². The van der Waals surface area contributed by atoms with Gasteiger partial charge in [0.2, 0.25) is 0 Å². The van der Waals surface area contributed by atoms with Gasteiger partial charge < -0.3 is 14.6 Å². The van der Waals surface area contributed by atoms with E-state index in [4.69, 9.17) is 9.47 Å². The highest BCUT2D eigenvalue weighted by molar-refractivity contribution is 6.02. The van der Waals surface area contributed by atoms with E-state index in [0.29, 0.717) is 48.3 Å². The summed E-state index contributed by atoms with van der Waals surface area (Å²) < 4.78 is 11.2. The lowest BCUT2D eigenvalue weighted by Crippen LogP contribution is -2.66. The highest BCUT2D eigenvalue weighted by Crippen LogP contribution is 2.78. The fourth-order valence-corrected chi connectivity index (χ4v) is 15.2. The highest BCUT2D eigenvalue weighted by Gasteiger charge is 2.72. The van der Waals surface area contributed by atoms with Crippen molar-refractivity contribution >= 4 is 17.9 Å². The molecule has 0 aromatic heterocycles. The Morgan fingerprint density at radius 3 is 1.92 bits per heavy atom. The predicted octanol–water partition coefficient (Wildman–Crippen LogP) is 10.3. The second-order valence-electron chi connectivity index (χ2n) is 21.2. The molecule has 6 heteroatoms. The van der Waals surface area contributed by atoms with Crippen LogP contribution in [-0.4, -0.2) is 35.2 Å². The van der Waals surface area contributed by atoms with E-state index in [9.17, 15) is 19.5 Å². The number of esters is 2. The zero-order valence-electron chi connectivity index (χ0n) is 33.7. The normalized spacial score (nSPS) is 42.7. The zero-order chi connectivity index (χ0) is 37.3. The average molecular weight is 705 g/mol. The number of carboxylic acids is 1. The lowest BCUT2D eigenvalue weighted by atomic mass is 9.32. The minimum absolute atomic E-state index is 0.0206. The third-order valence-corrected chi connectivity index (χ3v) is 17.5. The third-order valence-electron chi connectivity index (χ3n) is 17.5. The van der Waals surface area contributed by atoms with Gasteiger partial charge in [0.25, 0.3) is 0 Å². The number of carbonyl (C=O) groups is 3. The maximum atomic E-state index is 13.3. The quantitative estimate of drug-likeness (QED) is 0.210. The number of aliphatic carboxylic acids is 1. The molecule has 0 saturated heterocycles. The molecule has 6 nitrogen and oxygen atoms in total. The standard InChI is InChI=1S/C45H68O6/c1-26(2)30-14-19-44(36(46)47)21-20-41(10)32(35(30)44)12-13-34-40(9)17-15-31(39(7,8)33(40)16-18-42(34,41)11)29-22-43(23-29)24-45(25-43,37(48)50-27(3)4)38(49)51-28(5)6/h15,22,26-28,30,32-35H,12-14,16-21,23-25H2,1-11H3,(H,46,47)/t30-,32+,33-,34+,35+,40-,41+,42+,44-/m0/s1. The molecule has 9 atom stereocenters. The molecule has 7 aliphatic carbocycles. The van der Waals surface area contributed by atoms with E-state index in [1.54, 1.807) is 0 Å². The van der Waals surface area contributed by atoms with Gasteiger partial charge in [-0.1, -0.05) is 60.6 Å². The van der Waals surface area contributed by atoms with Crippen LogP contribution in [0.4, 0.5) is 0 Å². The predicted molar refractivity (Wildman–Crippen MR) is 199 cm³/mol. The second kappa shape index (κ2) is 11.7. The van der Waals surface area contributed by atoms with Gasteiger partial charge >= 0.3 is 17.9 Å². The number of hydrogen-bond acceptors (Lipinski definition) is 5. The maximum Gasteiger partial charge on any atom is 0.323 e. The molecular formula is C45H68O6. The van der Waals surface area contributed by atoms with Crippen LogP contribution in [0.2, 0.25) is 0 Å². The van der Waals surface area contributed by atoms with Crippen LogP contribution < -0.4 is 0 Å². The Balaban J connectivity index is 1.14. The third kappa shape index (κ3) is 4.94. The molecule has 0 aromatic carbocycles. The first kappa shape index (κ1) is 37.2. The van der Waals surface area contributed by atoms with Crippen LogP contribution in [0.15, 0.2) is 23.3 Å². The van der Waals surface area contributed by atoms with E-state index in [-0.39, 0.29) is 39.3 Å². The van der Waals surface area contributed by atoms with E-state index in [1.165, 1.54) is 36.8 Å². The highest BCUT2D eigenvalue weighted by atomic mass is 16.6. The summed E-state index contributed by atoms with van der Waals surface area (Å²) >= 11 is 0. The Kier molecular flexibility index (Phi) is 8.53. The molecule has 0 amide bonds. The molecule has 0 unspecified atom stereocenters. The molecule has 0 aliphatic heterocycles. The first-order valence-corrected chi connectivity index (χ1v) is 20.7. The van der Waals surface area contributed by atoms with E-state index in [1.807, 2.05) is 27.7 Å². The van der Waals surface area contributed by atoms with Crippen LogP contribution in [0.1, 0.15) is 153 Å². The molecule has 0 aromatic rings. The topological polar surface area (TPSA) is 89.9 Å². The van der Waals surface area contributed by atoms with Crippen molar-refractivity contribution < 1.29 is 29.0 Å². The Bertz CT molecular complexity index is 1520. The summed E-state index contributed by atoms with van der Waals surface area (Å²) in [6, 6.07) is 0. The van der Waals surface area contributed by atoms with Crippen molar-refractivity contribution in [2.75, 3.05) is 0 Å². The number of allylic oxidation sites excluding steroid dienone is 4. The molecule has 284 valence electrons. The van der Waals surface area contributed by atoms with Crippen molar-refractivity contribution in [3.8, 4) is 0 Å². The Labute approximate surface area is 308 Å². The monoisotopic (exact) mass is 705 g/mol. The van der Waals surface area contributed by atoms with Crippen LogP contribution in [0.5, 0.6) is 0 Å². The van der Waals surface area contributed by atoms with E-state index < -0.39 is 28.7 Å². The number of hydrogen-bond donors (Lipinski definition) is 1. The maximum absolute atomic E-state index is 13.3. The number of fused-ring (bicyclic) bond motifs is 7. The lowest BCUT2D eigenvalue weighted by Gasteiger charge is -2.72. The van der Waals surface area contributed by atoms with Crippen molar-refractivity contribution in [2.45, 2.75) is 165 Å². The van der Waals surface area contributed by atoms with Gasteiger partial charge in [-0.25, -0.2) is 0 Å². The summed E-state index contributed by atoms with van der Waals surface area (Å²) in [7, 11) is 0. The van der Waals surface area contributed by atoms with Gasteiger partial charge in [-0.15, -0.1) is 0 Å². The van der Waals surface area contributed by atoms with Gasteiger partial charge in [0.1, 0.15) is 0 Å². The minimum Gasteiger partial charge on any atom is -0.481 e. The largest absolute Gasteiger partial charge is 0.481 e. The first-order chi connectivity index (χ1) is 23.6. The number of ether oxygens (including phenoxy) is 2. The van der Waals surface area contributed by atoms with Gasteiger partial charge in [0, 0.05) is 0 Å². The Morgan fingerprint density at radius 1 is 0.765 bits per heavy atom. The van der Waals surface area contributed by atoms with E-state index in [2.05, 4.69) is 60.6 Å². The molecule has 0 bridgehead atoms. The van der Waals surface area contributed by atoms with Crippen molar-refractivity contribution in [1.82, 2.24) is 0 Å². The number of carboxylic acid groups (broad SMARTS) is 1. The molecule has 51 heavy (non-hydrogen) atoms. The van der Waals surface area contributed by atoms with E-state index in [0.717, 1.165) is 38.5 Å². The van der Waals surface area contributed by atoms with Gasteiger partial charge in [0.15, 0.2) is 5.41 Å². The molecule has 5 saturated carbocycles. The summed E-state index contributed by atoms with van der Waals surface area (Å²) in [5.41, 5.74) is 1.60. The van der Waals surface area contributed by atoms with Crippen LogP contribution >= 0.6 is 0 Å². The minimum atomic E-state index is -1.20. The molecule has 7 rings (SSSR count). The average Bonchev–Trinajstić information content (AvgIpc) is 3.38. The van der Waals surface area contributed by atoms with Crippen LogP contribution in [0.25, 0.3) is 0 Å². The summed E-state index contributed by atoms with van der Waals surface area (Å²) in [6.07, 6.45) is 16.0. The van der Waals surface area contributed by atoms with Gasteiger partial charge in [0.05, 0.1) is 17.6 Å². The summed E-state index contributed by atoms with van der Waals surface area (Å²) in [5.74, 6) is 1.63. The Hall–Kier alpha value is -2.11. The molecule has 1 N–H and O–H groups in total. The fourth-order valence-electron chi connectivity index (χ4n) is 15.2. The lowest BCUT2D eigenvalue weighted by molar-refractivity contribution is -0.231. The molecule has 0 radical (unpaired) electrons. The smallest absolute Gasteiger partial charge is 0.323 e. The molecule has 5 fully saturated rings. The van der Waals surface area contributed by atoms with Crippen LogP contribution in [0.3, 0.4) is 0 Å². The number of rotatable bonds is 7. The SMILES string of the molecule is CC(C)OC(=O)C1(C(=O)OC(C)C)CC2(C=C(C3=CC[C@]4(C)[C@H]5CC[C@@H]6[C@H]7[C@H](C(C)C)CC[C@]7(C(=O)O)CC[C@@]6(C)[C@]5(C)CC[C@H]4C3(C)C)C2)C1. The number of carbonyl (C=O) groups excluding carboxylic acids is 2. The molecule has 1 spiro atoms. The van der Waals surface area contributed by atoms with E-state index >= 15 is 0 Å². The first-order valence-electron chi connectivity index (χ1n) is 20.7. The fraction of sp³-hybridized carbons (Fsp3) is 0.844. The van der Waals surface area contributed by atoms with Gasteiger partial charge in [-0.2, -0.15) is 0 Å². The Morgan fingerprint density at radius 2 is 1.37 bits per heavy atom. The van der Waals surface area contributed by atoms with Crippen molar-refractivity contribution in [3.05, 3.63) is 23.3 Å². The molecule has 7 aliphatic rings. The summed E-state index contributed by atoms with van der Waals surface area (Å²) in [4.78, 5) is 39.7. The molecular weight excluding hydrogens is 636 g/mol. The van der Waals surface area contributed by atoms with Gasteiger partial charge in [-0.05, 0) is 178 Å². The molecule has 0 heterocycles. The van der Waals surface area contributed by atoms with Crippen LogP contribution in [-0.2, 0) is 23.9 Å². The van der Waals surface area contributed by atoms with Crippen molar-refractivity contribution in [3.63, 3.8) is 0 Å². The summed E-state index contributed by atoms with van der Waals surface area (Å²) in [5, 5.41) is 10.8. The van der Waals surface area contributed by atoms with Crippen molar-refractivity contribution in [1.29, 1.82) is 0 Å². The zero-order valence-corrected chi connectivity index (χ0v) is 33.7. The van der Waals surface area contributed by atoms with Crippen molar-refractivity contribution in [2.24, 2.45) is 73.4 Å².